The highest BCUT2D eigenvalue weighted by Crippen LogP contribution is 2.37. The summed E-state index contributed by atoms with van der Waals surface area (Å²) in [5.41, 5.74) is 2.08. The first-order chi connectivity index (χ1) is 11.4. The van der Waals surface area contributed by atoms with Gasteiger partial charge in [-0.1, -0.05) is 13.8 Å². The number of benzene rings is 1. The van der Waals surface area contributed by atoms with Crippen molar-refractivity contribution < 1.29 is 4.79 Å². The number of rotatable bonds is 3. The van der Waals surface area contributed by atoms with Crippen molar-refractivity contribution in [1.29, 1.82) is 0 Å². The lowest BCUT2D eigenvalue weighted by atomic mass is 9.77. The Bertz CT molecular complexity index is 877. The van der Waals surface area contributed by atoms with Gasteiger partial charge in [-0.25, -0.2) is 0 Å². The third kappa shape index (κ3) is 3.00. The summed E-state index contributed by atoms with van der Waals surface area (Å²) in [6, 6.07) is 5.52. The maximum atomic E-state index is 12.8. The number of hydrogen-bond acceptors (Lipinski definition) is 3. The molecule has 4 heteroatoms. The minimum atomic E-state index is -0.0264. The maximum absolute atomic E-state index is 12.8. The Labute approximate surface area is 146 Å². The first-order valence-corrected chi connectivity index (χ1v) is 9.61. The van der Waals surface area contributed by atoms with Crippen LogP contribution in [-0.4, -0.2) is 12.5 Å². The van der Waals surface area contributed by atoms with Crippen molar-refractivity contribution in [2.75, 3.05) is 6.54 Å². The van der Waals surface area contributed by atoms with E-state index in [9.17, 15) is 9.59 Å². The highest BCUT2D eigenvalue weighted by Gasteiger charge is 2.28. The van der Waals surface area contributed by atoms with Crippen LogP contribution in [0, 0.1) is 11.3 Å². The van der Waals surface area contributed by atoms with Crippen LogP contribution in [0.15, 0.2) is 23.0 Å². The van der Waals surface area contributed by atoms with Gasteiger partial charge in [0, 0.05) is 32.6 Å². The zero-order valence-corrected chi connectivity index (χ0v) is 15.1. The summed E-state index contributed by atoms with van der Waals surface area (Å²) in [5.74, 6) is 0.640. The van der Waals surface area contributed by atoms with E-state index >= 15 is 0 Å². The molecule has 0 unspecified atom stereocenters. The van der Waals surface area contributed by atoms with Crippen LogP contribution in [0.4, 0.5) is 0 Å². The monoisotopic (exact) mass is 341 g/mol. The SMILES string of the molecule is CC1(C)CCc2c(sc3cc(C(=O)NCC4CC4)ccc3c2=O)C1. The molecule has 0 bridgehead atoms. The van der Waals surface area contributed by atoms with Gasteiger partial charge < -0.3 is 5.32 Å². The van der Waals surface area contributed by atoms with E-state index in [2.05, 4.69) is 19.2 Å². The molecular weight excluding hydrogens is 318 g/mol. The molecule has 2 aromatic rings. The van der Waals surface area contributed by atoms with Crippen LogP contribution >= 0.6 is 11.3 Å². The Morgan fingerprint density at radius 2 is 2.12 bits per heavy atom. The van der Waals surface area contributed by atoms with E-state index in [4.69, 9.17) is 0 Å². The van der Waals surface area contributed by atoms with E-state index in [1.807, 2.05) is 12.1 Å². The van der Waals surface area contributed by atoms with Crippen molar-refractivity contribution in [1.82, 2.24) is 5.32 Å². The Morgan fingerprint density at radius 1 is 1.33 bits per heavy atom. The predicted molar refractivity (Wildman–Crippen MR) is 99.0 cm³/mol. The molecule has 2 aliphatic rings. The topological polar surface area (TPSA) is 46.2 Å². The molecule has 2 aliphatic carbocycles. The molecule has 1 aromatic carbocycles. The minimum Gasteiger partial charge on any atom is -0.352 e. The van der Waals surface area contributed by atoms with Crippen LogP contribution in [0.25, 0.3) is 10.1 Å². The van der Waals surface area contributed by atoms with Crippen molar-refractivity contribution >= 4 is 27.3 Å². The van der Waals surface area contributed by atoms with Crippen LogP contribution in [-0.2, 0) is 12.8 Å². The van der Waals surface area contributed by atoms with Crippen molar-refractivity contribution in [3.8, 4) is 0 Å². The van der Waals surface area contributed by atoms with Crippen LogP contribution < -0.4 is 10.7 Å². The average molecular weight is 341 g/mol. The summed E-state index contributed by atoms with van der Waals surface area (Å²) in [6.07, 6.45) is 5.34. The zero-order chi connectivity index (χ0) is 16.9. The van der Waals surface area contributed by atoms with Gasteiger partial charge in [0.1, 0.15) is 0 Å². The van der Waals surface area contributed by atoms with E-state index < -0.39 is 0 Å². The standard InChI is InChI=1S/C20H23NO2S/c1-20(2)8-7-15-17(10-20)24-16-9-13(5-6-14(16)18(15)22)19(23)21-11-12-3-4-12/h5-6,9,12H,3-4,7-8,10-11H2,1-2H3,(H,21,23). The van der Waals surface area contributed by atoms with Gasteiger partial charge >= 0.3 is 0 Å². The van der Waals surface area contributed by atoms with Crippen LogP contribution in [0.5, 0.6) is 0 Å². The minimum absolute atomic E-state index is 0.0264. The molecule has 1 N–H and O–H groups in total. The Kier molecular flexibility index (Phi) is 3.75. The summed E-state index contributed by atoms with van der Waals surface area (Å²) in [5, 5.41) is 3.76. The summed E-state index contributed by atoms with van der Waals surface area (Å²) in [6.45, 7) is 5.30. The van der Waals surface area contributed by atoms with Gasteiger partial charge in [-0.15, -0.1) is 11.3 Å². The fourth-order valence-corrected chi connectivity index (χ4v) is 4.97. The number of amides is 1. The molecule has 3 nitrogen and oxygen atoms in total. The second-order valence-corrected chi connectivity index (χ2v) is 9.17. The molecular formula is C20H23NO2S. The van der Waals surface area contributed by atoms with Crippen molar-refractivity contribution in [3.63, 3.8) is 0 Å². The predicted octanol–water partition coefficient (Wildman–Crippen LogP) is 3.92. The van der Waals surface area contributed by atoms with Gasteiger partial charge in [-0.3, -0.25) is 9.59 Å². The Balaban J connectivity index is 1.71. The van der Waals surface area contributed by atoms with Gasteiger partial charge in [0.25, 0.3) is 5.91 Å². The molecule has 1 aromatic heterocycles. The third-order valence-electron chi connectivity index (χ3n) is 5.27. The fraction of sp³-hybridized carbons (Fsp3) is 0.500. The lowest BCUT2D eigenvalue weighted by Gasteiger charge is -2.30. The number of nitrogens with one attached hydrogen (secondary N) is 1. The smallest absolute Gasteiger partial charge is 0.251 e. The van der Waals surface area contributed by atoms with Gasteiger partial charge in [-0.05, 0) is 61.6 Å². The molecule has 0 atom stereocenters. The van der Waals surface area contributed by atoms with E-state index in [-0.39, 0.29) is 16.8 Å². The van der Waals surface area contributed by atoms with Crippen molar-refractivity contribution in [2.24, 2.45) is 11.3 Å². The molecule has 0 aliphatic heterocycles. The number of hydrogen-bond donors (Lipinski definition) is 1. The van der Waals surface area contributed by atoms with Crippen LogP contribution in [0.2, 0.25) is 0 Å². The summed E-state index contributed by atoms with van der Waals surface area (Å²) < 4.78 is 0.940. The van der Waals surface area contributed by atoms with Gasteiger partial charge in [0.05, 0.1) is 0 Å². The average Bonchev–Trinajstić information content (AvgIpc) is 3.35. The molecule has 1 amide bonds. The van der Waals surface area contributed by atoms with Crippen LogP contribution in [0.3, 0.4) is 0 Å². The van der Waals surface area contributed by atoms with E-state index in [1.54, 1.807) is 17.4 Å². The van der Waals surface area contributed by atoms with E-state index in [0.717, 1.165) is 41.5 Å². The zero-order valence-electron chi connectivity index (χ0n) is 14.3. The van der Waals surface area contributed by atoms with E-state index in [1.165, 1.54) is 17.7 Å². The maximum Gasteiger partial charge on any atom is 0.251 e. The van der Waals surface area contributed by atoms with Crippen molar-refractivity contribution in [2.45, 2.75) is 46.0 Å². The summed E-state index contributed by atoms with van der Waals surface area (Å²) >= 11 is 1.69. The first-order valence-electron chi connectivity index (χ1n) is 8.80. The molecule has 1 saturated carbocycles. The highest BCUT2D eigenvalue weighted by atomic mass is 32.1. The normalized spacial score (nSPS) is 19.1. The highest BCUT2D eigenvalue weighted by molar-refractivity contribution is 7.18. The van der Waals surface area contributed by atoms with Crippen LogP contribution in [0.1, 0.15) is 53.9 Å². The molecule has 24 heavy (non-hydrogen) atoms. The lowest BCUT2D eigenvalue weighted by Crippen LogP contribution is -2.27. The molecule has 1 heterocycles. The Hall–Kier alpha value is -1.68. The second kappa shape index (κ2) is 5.69. The van der Waals surface area contributed by atoms with Crippen molar-refractivity contribution in [3.05, 3.63) is 44.4 Å². The van der Waals surface area contributed by atoms with E-state index in [0.29, 0.717) is 11.5 Å². The number of fused-ring (bicyclic) bond motifs is 2. The molecule has 4 rings (SSSR count). The largest absolute Gasteiger partial charge is 0.352 e. The Morgan fingerprint density at radius 3 is 2.88 bits per heavy atom. The summed E-state index contributed by atoms with van der Waals surface area (Å²) in [4.78, 5) is 26.3. The van der Waals surface area contributed by atoms with Gasteiger partial charge in [0.2, 0.25) is 0 Å². The van der Waals surface area contributed by atoms with Gasteiger partial charge in [-0.2, -0.15) is 0 Å². The third-order valence-corrected chi connectivity index (χ3v) is 6.47. The second-order valence-electron chi connectivity index (χ2n) is 8.04. The number of carbonyl (C=O) groups excluding carboxylic acids is 1. The lowest BCUT2D eigenvalue weighted by molar-refractivity contribution is 0.0952. The summed E-state index contributed by atoms with van der Waals surface area (Å²) in [7, 11) is 0. The molecule has 0 saturated heterocycles. The first kappa shape index (κ1) is 15.8. The number of carbonyl (C=O) groups is 1. The molecule has 126 valence electrons. The molecule has 0 radical (unpaired) electrons. The van der Waals surface area contributed by atoms with Gasteiger partial charge in [0.15, 0.2) is 5.43 Å². The molecule has 1 fully saturated rings. The molecule has 0 spiro atoms. The quantitative estimate of drug-likeness (QED) is 0.920. The fourth-order valence-electron chi connectivity index (χ4n) is 3.46.